The molecule has 0 unspecified atom stereocenters. The van der Waals surface area contributed by atoms with Crippen molar-refractivity contribution in [3.8, 4) is 0 Å². The van der Waals surface area contributed by atoms with E-state index >= 15 is 0 Å². The van der Waals surface area contributed by atoms with Crippen molar-refractivity contribution in [2.45, 2.75) is 0 Å². The first kappa shape index (κ1) is 16.0. The Morgan fingerprint density at radius 2 is 1.20 bits per heavy atom. The number of rotatable bonds is 0. The fourth-order valence-electron chi connectivity index (χ4n) is 0. The van der Waals surface area contributed by atoms with Crippen molar-refractivity contribution in [3.05, 3.63) is 15.3 Å². The maximum Gasteiger partial charge on any atom is 0.394 e. The maximum atomic E-state index is 8.74. The van der Waals surface area contributed by atoms with E-state index in [4.69, 9.17) is 32.8 Å². The van der Waals surface area contributed by atoms with Crippen molar-refractivity contribution in [2.75, 3.05) is 0 Å². The van der Waals surface area contributed by atoms with E-state index in [-0.39, 0.29) is 4.70 Å². The second kappa shape index (κ2) is 6.12. The van der Waals surface area contributed by atoms with Gasteiger partial charge in [0.1, 0.15) is 0 Å². The molecular formula is H3FNO7S-. The van der Waals surface area contributed by atoms with Gasteiger partial charge in [0.05, 0.1) is 5.09 Å². The Morgan fingerprint density at radius 3 is 1.20 bits per heavy atom. The quantitative estimate of drug-likeness (QED) is 0.284. The van der Waals surface area contributed by atoms with Crippen LogP contribution in [0.1, 0.15) is 0 Å². The molecule has 2 N–H and O–H groups in total. The van der Waals surface area contributed by atoms with Crippen LogP contribution in [0.5, 0.6) is 0 Å². The van der Waals surface area contributed by atoms with Crippen LogP contribution in [0.15, 0.2) is 0 Å². The van der Waals surface area contributed by atoms with E-state index in [9.17, 15) is 0 Å². The normalized spacial score (nSPS) is 8.20. The van der Waals surface area contributed by atoms with Crippen LogP contribution < -0.4 is 0 Å². The van der Waals surface area contributed by atoms with E-state index in [1.165, 1.54) is 0 Å². The highest BCUT2D eigenvalue weighted by Gasteiger charge is 1.84. The Labute approximate surface area is 54.1 Å². The summed E-state index contributed by atoms with van der Waals surface area (Å²) in [5.41, 5.74) is 0. The van der Waals surface area contributed by atoms with Gasteiger partial charge in [-0.15, -0.1) is 0 Å². The first-order chi connectivity index (χ1) is 3.73. The van der Waals surface area contributed by atoms with Gasteiger partial charge in [-0.1, -0.05) is 0 Å². The largest absolute Gasteiger partial charge is 0.394 e. The van der Waals surface area contributed by atoms with E-state index in [1.54, 1.807) is 0 Å². The standard InChI is InChI=1S/FH.NO3.H2O4S/c;2-1(3)4;1-5(2,3)4/h1H;;(H2,1,2,3,4)/q;-1;. The first-order valence-corrected chi connectivity index (χ1v) is 2.64. The summed E-state index contributed by atoms with van der Waals surface area (Å²) in [5, 5.41) is 14.8. The molecule has 0 spiro atoms. The van der Waals surface area contributed by atoms with Crippen LogP contribution >= 0.6 is 0 Å². The average molecular weight is 180 g/mol. The van der Waals surface area contributed by atoms with Gasteiger partial charge in [-0.3, -0.25) is 13.8 Å². The summed E-state index contributed by atoms with van der Waals surface area (Å²) in [6.45, 7) is 0. The molecule has 0 aliphatic carbocycles. The van der Waals surface area contributed by atoms with Crippen LogP contribution in [0.2, 0.25) is 0 Å². The molecule has 0 atom stereocenters. The molecule has 8 nitrogen and oxygen atoms in total. The van der Waals surface area contributed by atoms with Gasteiger partial charge < -0.3 is 15.3 Å². The Morgan fingerprint density at radius 1 is 1.20 bits per heavy atom. The highest BCUT2D eigenvalue weighted by molar-refractivity contribution is 7.79. The highest BCUT2D eigenvalue weighted by atomic mass is 32.3. The first-order valence-electron chi connectivity index (χ1n) is 1.25. The summed E-state index contributed by atoms with van der Waals surface area (Å²) >= 11 is 0. The van der Waals surface area contributed by atoms with Crippen LogP contribution in [0.4, 0.5) is 4.70 Å². The molecule has 10 heteroatoms. The van der Waals surface area contributed by atoms with Crippen molar-refractivity contribution in [1.29, 1.82) is 0 Å². The van der Waals surface area contributed by atoms with Crippen LogP contribution in [-0.2, 0) is 10.4 Å². The molecule has 0 fully saturated rings. The predicted octanol–water partition coefficient (Wildman–Crippen LogP) is -0.739. The minimum atomic E-state index is -4.67. The molecule has 0 aliphatic heterocycles. The fraction of sp³-hybridized carbons (Fsp3) is 0. The van der Waals surface area contributed by atoms with Gasteiger partial charge in [0.25, 0.3) is 0 Å². The second-order valence-corrected chi connectivity index (χ2v) is 1.57. The van der Waals surface area contributed by atoms with Crippen LogP contribution in [0.3, 0.4) is 0 Å². The van der Waals surface area contributed by atoms with E-state index in [0.29, 0.717) is 0 Å². The maximum absolute atomic E-state index is 8.74. The lowest BCUT2D eigenvalue weighted by molar-refractivity contribution is -0.402. The number of hydrogen-bond donors (Lipinski definition) is 2. The third kappa shape index (κ3) is 252. The van der Waals surface area contributed by atoms with Gasteiger partial charge >= 0.3 is 10.4 Å². The van der Waals surface area contributed by atoms with E-state index in [0.717, 1.165) is 0 Å². The van der Waals surface area contributed by atoms with Crippen LogP contribution in [-0.4, -0.2) is 22.6 Å². The molecule has 10 heavy (non-hydrogen) atoms. The zero-order valence-electron chi connectivity index (χ0n) is 4.20. The Bertz CT molecular complexity index is 156. The smallest absolute Gasteiger partial charge is 0.356 e. The minimum Gasteiger partial charge on any atom is -0.356 e. The molecule has 0 aromatic rings. The molecule has 0 rings (SSSR count). The molecule has 0 aromatic carbocycles. The van der Waals surface area contributed by atoms with E-state index in [2.05, 4.69) is 0 Å². The molecule has 0 amide bonds. The lowest BCUT2D eigenvalue weighted by Crippen LogP contribution is -1.89. The molecule has 0 heterocycles. The highest BCUT2D eigenvalue weighted by Crippen LogP contribution is 1.59. The summed E-state index contributed by atoms with van der Waals surface area (Å²) in [7, 11) is -4.67. The topological polar surface area (TPSA) is 141 Å². The number of halogens is 1. The molecule has 0 saturated heterocycles. The molecule has 0 radical (unpaired) electrons. The summed E-state index contributed by atoms with van der Waals surface area (Å²) in [4.78, 5) is 8.25. The lowest BCUT2D eigenvalue weighted by Gasteiger charge is -1.74. The van der Waals surface area contributed by atoms with Gasteiger partial charge in [-0.2, -0.15) is 8.42 Å². The number of nitrogens with zero attached hydrogens (tertiary/aromatic N) is 1. The third-order valence-corrected chi connectivity index (χ3v) is 0. The molecule has 0 saturated carbocycles. The fourth-order valence-corrected chi connectivity index (χ4v) is 0. The van der Waals surface area contributed by atoms with Crippen molar-refractivity contribution in [2.24, 2.45) is 0 Å². The van der Waals surface area contributed by atoms with Gasteiger partial charge in [0, 0.05) is 0 Å². The third-order valence-electron chi connectivity index (χ3n) is 0. The lowest BCUT2D eigenvalue weighted by atomic mass is 13.1. The van der Waals surface area contributed by atoms with Crippen molar-refractivity contribution >= 4 is 10.4 Å². The zero-order chi connectivity index (χ0) is 8.08. The van der Waals surface area contributed by atoms with Crippen LogP contribution in [0, 0.1) is 15.3 Å². The Kier molecular flexibility index (Phi) is 9.80. The predicted molar refractivity (Wildman–Crippen MR) is 27.0 cm³/mol. The summed E-state index contributed by atoms with van der Waals surface area (Å²) in [6, 6.07) is 0. The monoisotopic (exact) mass is 180 g/mol. The van der Waals surface area contributed by atoms with Crippen molar-refractivity contribution in [1.82, 2.24) is 0 Å². The van der Waals surface area contributed by atoms with Gasteiger partial charge in [0.15, 0.2) is 0 Å². The molecule has 0 bridgehead atoms. The molecular weight excluding hydrogens is 177 g/mol. The van der Waals surface area contributed by atoms with Crippen LogP contribution in [0.25, 0.3) is 0 Å². The SMILES string of the molecule is F.O=S(=O)(O)O.O=[N+]([O-])[O-]. The summed E-state index contributed by atoms with van der Waals surface area (Å²) in [5.74, 6) is 0. The summed E-state index contributed by atoms with van der Waals surface area (Å²) < 4.78 is 31.6. The minimum absolute atomic E-state index is 0. The van der Waals surface area contributed by atoms with Gasteiger partial charge in [0.2, 0.25) is 0 Å². The average Bonchev–Trinajstić information content (AvgIpc) is 1.19. The zero-order valence-corrected chi connectivity index (χ0v) is 5.02. The van der Waals surface area contributed by atoms with Gasteiger partial charge in [-0.05, 0) is 0 Å². The number of hydrogen-bond acceptors (Lipinski definition) is 5. The Hall–Kier alpha value is -1.00. The summed E-state index contributed by atoms with van der Waals surface area (Å²) in [6.07, 6.45) is 0. The molecule has 0 aliphatic rings. The van der Waals surface area contributed by atoms with Crippen molar-refractivity contribution in [3.63, 3.8) is 0 Å². The van der Waals surface area contributed by atoms with E-state index in [1.807, 2.05) is 0 Å². The molecule has 0 aromatic heterocycles. The van der Waals surface area contributed by atoms with E-state index < -0.39 is 15.5 Å². The Balaban J connectivity index is -0.0000000910. The van der Waals surface area contributed by atoms with Gasteiger partial charge in [-0.25, -0.2) is 0 Å². The second-order valence-electron chi connectivity index (χ2n) is 0.671. The molecule has 64 valence electrons. The van der Waals surface area contributed by atoms with Crippen molar-refractivity contribution < 1.29 is 27.3 Å².